The van der Waals surface area contributed by atoms with Gasteiger partial charge in [0.2, 0.25) is 0 Å². The molecule has 7 aliphatic rings. The Kier molecular flexibility index (Phi) is 7.59. The molecule has 8 bridgehead atoms. The number of benzene rings is 2. The Labute approximate surface area is 270 Å². The molecular formula is C32H36F8N8. The summed E-state index contributed by atoms with van der Waals surface area (Å²) in [6.07, 6.45) is -12.7. The summed E-state index contributed by atoms with van der Waals surface area (Å²) in [5.41, 5.74) is 1.64. The van der Waals surface area contributed by atoms with Crippen LogP contribution in [0.4, 0.5) is 35.1 Å². The van der Waals surface area contributed by atoms with E-state index >= 15 is 0 Å². The first-order valence-corrected chi connectivity index (χ1v) is 16.6. The van der Waals surface area contributed by atoms with E-state index in [9.17, 15) is 35.1 Å². The second-order valence-corrected chi connectivity index (χ2v) is 14.4. The summed E-state index contributed by atoms with van der Waals surface area (Å²) in [4.78, 5) is 0. The highest BCUT2D eigenvalue weighted by atomic mass is 19.2. The molecule has 16 unspecified atom stereocenters. The van der Waals surface area contributed by atoms with Gasteiger partial charge in [0.25, 0.3) is 0 Å². The Morgan fingerprint density at radius 1 is 0.354 bits per heavy atom. The first-order chi connectivity index (χ1) is 23.0. The maximum Gasteiger partial charge on any atom is 0.159 e. The number of fused-ring (bicyclic) bond motifs is 20. The summed E-state index contributed by atoms with van der Waals surface area (Å²) in [6, 6.07) is 4.38. The third-order valence-corrected chi connectivity index (χ3v) is 11.9. The van der Waals surface area contributed by atoms with E-state index in [4.69, 9.17) is 0 Å². The summed E-state index contributed by atoms with van der Waals surface area (Å²) >= 11 is 0. The van der Waals surface area contributed by atoms with Gasteiger partial charge in [-0.15, -0.1) is 0 Å². The van der Waals surface area contributed by atoms with Crippen LogP contribution >= 0.6 is 0 Å². The maximum atomic E-state index is 14.9. The highest BCUT2D eigenvalue weighted by Crippen LogP contribution is 2.46. The van der Waals surface area contributed by atoms with Gasteiger partial charge >= 0.3 is 0 Å². The third-order valence-electron chi connectivity index (χ3n) is 11.9. The van der Waals surface area contributed by atoms with Gasteiger partial charge in [-0.25, -0.2) is 35.1 Å². The van der Waals surface area contributed by atoms with E-state index in [1.807, 2.05) is 0 Å². The van der Waals surface area contributed by atoms with Crippen LogP contribution in [0.3, 0.4) is 0 Å². The lowest BCUT2D eigenvalue weighted by molar-refractivity contribution is 0.0428. The van der Waals surface area contributed by atoms with Crippen LogP contribution < -0.4 is 42.5 Å². The Hall–Kier alpha value is -2.44. The molecule has 5 aliphatic heterocycles. The van der Waals surface area contributed by atoms with Crippen molar-refractivity contribution in [2.24, 2.45) is 23.7 Å². The number of nitrogens with one attached hydrogen (secondary N) is 8. The molecule has 8 nitrogen and oxygen atoms in total. The van der Waals surface area contributed by atoms with Crippen LogP contribution in [0, 0.1) is 46.9 Å². The van der Waals surface area contributed by atoms with E-state index in [1.165, 1.54) is 0 Å². The number of halogens is 8. The molecule has 260 valence electrons. The molecule has 16 heteroatoms. The Bertz CT molecular complexity index is 1380. The van der Waals surface area contributed by atoms with Crippen LogP contribution in [-0.4, -0.2) is 49.3 Å². The minimum atomic E-state index is -1.70. The third kappa shape index (κ3) is 5.00. The topological polar surface area (TPSA) is 96.2 Å². The van der Waals surface area contributed by atoms with E-state index in [0.29, 0.717) is 22.3 Å². The highest BCUT2D eigenvalue weighted by molar-refractivity contribution is 5.39. The number of rotatable bonds is 0. The number of alkyl halides is 4. The maximum absolute atomic E-state index is 14.9. The lowest BCUT2D eigenvalue weighted by Gasteiger charge is -2.36. The zero-order valence-electron chi connectivity index (χ0n) is 25.4. The molecule has 0 radical (unpaired) electrons. The molecule has 8 N–H and O–H groups in total. The highest BCUT2D eigenvalue weighted by Gasteiger charge is 2.54. The van der Waals surface area contributed by atoms with Gasteiger partial charge in [-0.1, -0.05) is 0 Å². The van der Waals surface area contributed by atoms with Gasteiger partial charge in [0, 0.05) is 0 Å². The zero-order chi connectivity index (χ0) is 33.2. The summed E-state index contributed by atoms with van der Waals surface area (Å²) < 4.78 is 118. The molecule has 48 heavy (non-hydrogen) atoms. The minimum absolute atomic E-state index is 0.0941. The first kappa shape index (κ1) is 31.5. The Morgan fingerprint density at radius 3 is 0.812 bits per heavy atom. The summed E-state index contributed by atoms with van der Waals surface area (Å²) in [7, 11) is 0. The zero-order valence-corrected chi connectivity index (χ0v) is 25.4. The number of hydrogen-bond acceptors (Lipinski definition) is 8. The van der Waals surface area contributed by atoms with Crippen LogP contribution in [0.5, 0.6) is 0 Å². The average Bonchev–Trinajstić information content (AvgIpc) is 3.74. The Balaban J connectivity index is 1.13. The van der Waals surface area contributed by atoms with Crippen molar-refractivity contribution in [3.8, 4) is 0 Å². The molecule has 5 fully saturated rings. The Morgan fingerprint density at radius 2 is 0.583 bits per heavy atom. The van der Waals surface area contributed by atoms with Gasteiger partial charge in [0.1, 0.15) is 24.7 Å². The predicted octanol–water partition coefficient (Wildman–Crippen LogP) is 3.43. The van der Waals surface area contributed by atoms with Crippen LogP contribution in [0.1, 0.15) is 72.6 Å². The van der Waals surface area contributed by atoms with Gasteiger partial charge < -0.3 is 0 Å². The number of hydrogen-bond donors (Lipinski definition) is 8. The molecule has 2 aromatic carbocycles. The monoisotopic (exact) mass is 684 g/mol. The second-order valence-electron chi connectivity index (χ2n) is 14.4. The van der Waals surface area contributed by atoms with Crippen molar-refractivity contribution < 1.29 is 35.1 Å². The van der Waals surface area contributed by atoms with Gasteiger partial charge in [-0.2, -0.15) is 0 Å². The fourth-order valence-electron chi connectivity index (χ4n) is 9.55. The van der Waals surface area contributed by atoms with Crippen molar-refractivity contribution in [2.75, 3.05) is 0 Å². The van der Waals surface area contributed by atoms with E-state index in [2.05, 4.69) is 42.5 Å². The lowest BCUT2D eigenvalue weighted by Crippen LogP contribution is -2.55. The molecular weight excluding hydrogens is 648 g/mol. The fraction of sp³-hybridized carbons (Fsp3) is 0.625. The van der Waals surface area contributed by atoms with Gasteiger partial charge in [-0.3, -0.25) is 42.5 Å². The standard InChI is InChI=1S/C32H36F8N8/c33-17-1-9-10(2-18(17)34)26-41-25(9)45-27-11-3-19(35)20(36)4-12(11)29(42-27)47-31-15-7-23(39)24(40)8-16(15)32(44-31)48-30-14-6-22(38)21(37)5-13(14)28(43-30)46-26/h1-2,7-8,11-14,19-22,25-32,41-48H,3-6H2. The SMILES string of the molecule is Fc1cc2c(cc1F)C1NC2NC2NC(NC3NC(NC4NC(N1)C1CC(F)C(F)CC41)c1cc(F)c(F)cc13)C1CC(F)C(F)CC21. The largest absolute Gasteiger partial charge is 0.286 e. The van der Waals surface area contributed by atoms with Crippen molar-refractivity contribution in [1.29, 1.82) is 0 Å². The normalized spacial score (nSPS) is 46.2. The van der Waals surface area contributed by atoms with Crippen molar-refractivity contribution in [2.45, 2.75) is 99.7 Å². The molecule has 2 aliphatic carbocycles. The van der Waals surface area contributed by atoms with Crippen molar-refractivity contribution in [3.63, 3.8) is 0 Å². The summed E-state index contributed by atoms with van der Waals surface area (Å²) in [6.45, 7) is 0. The molecule has 2 aromatic rings. The molecule has 5 heterocycles. The van der Waals surface area contributed by atoms with Gasteiger partial charge in [0.15, 0.2) is 23.3 Å². The lowest BCUT2D eigenvalue weighted by atomic mass is 9.77. The quantitative estimate of drug-likeness (QED) is 0.200. The average molecular weight is 685 g/mol. The molecule has 16 atom stereocenters. The smallest absolute Gasteiger partial charge is 0.159 e. The van der Waals surface area contributed by atoms with Crippen LogP contribution in [0.15, 0.2) is 24.3 Å². The second kappa shape index (κ2) is 11.5. The van der Waals surface area contributed by atoms with Crippen LogP contribution in [0.2, 0.25) is 0 Å². The van der Waals surface area contributed by atoms with Crippen molar-refractivity contribution in [3.05, 3.63) is 69.8 Å². The molecule has 2 saturated carbocycles. The molecule has 0 spiro atoms. The minimum Gasteiger partial charge on any atom is -0.286 e. The van der Waals surface area contributed by atoms with E-state index in [1.54, 1.807) is 0 Å². The predicted molar refractivity (Wildman–Crippen MR) is 156 cm³/mol. The summed E-state index contributed by atoms with van der Waals surface area (Å²) in [5.74, 6) is -5.89. The van der Waals surface area contributed by atoms with E-state index in [-0.39, 0.29) is 25.7 Å². The summed E-state index contributed by atoms with van der Waals surface area (Å²) in [5, 5.41) is 27.1. The van der Waals surface area contributed by atoms with E-state index in [0.717, 1.165) is 24.3 Å². The van der Waals surface area contributed by atoms with Crippen LogP contribution in [0.25, 0.3) is 0 Å². The first-order valence-electron chi connectivity index (χ1n) is 16.6. The van der Waals surface area contributed by atoms with Gasteiger partial charge in [-0.05, 0) is 95.9 Å². The van der Waals surface area contributed by atoms with Crippen molar-refractivity contribution >= 4 is 0 Å². The fourth-order valence-corrected chi connectivity index (χ4v) is 9.55. The van der Waals surface area contributed by atoms with E-state index < -0.39 is 121 Å². The molecule has 0 amide bonds. The van der Waals surface area contributed by atoms with Crippen molar-refractivity contribution in [1.82, 2.24) is 42.5 Å². The van der Waals surface area contributed by atoms with Crippen LogP contribution in [-0.2, 0) is 0 Å². The van der Waals surface area contributed by atoms with Gasteiger partial charge in [0.05, 0.1) is 49.3 Å². The molecule has 0 aromatic heterocycles. The molecule has 3 saturated heterocycles. The molecule has 9 rings (SSSR count).